The van der Waals surface area contributed by atoms with E-state index < -0.39 is 0 Å². The van der Waals surface area contributed by atoms with E-state index in [-0.39, 0.29) is 6.61 Å². The molecule has 1 nitrogen and oxygen atoms in total. The first-order valence-corrected chi connectivity index (χ1v) is 4.34. The minimum absolute atomic E-state index is 0.197. The van der Waals surface area contributed by atoms with Crippen molar-refractivity contribution >= 4 is 0 Å². The molecule has 0 aliphatic carbocycles. The van der Waals surface area contributed by atoms with Gasteiger partial charge in [-0.25, -0.2) is 0 Å². The minimum atomic E-state index is 0.197. The summed E-state index contributed by atoms with van der Waals surface area (Å²) in [5.74, 6) is 1.34. The molecule has 0 spiro atoms. The highest BCUT2D eigenvalue weighted by molar-refractivity contribution is 5.00. The van der Waals surface area contributed by atoms with Gasteiger partial charge in [0.15, 0.2) is 0 Å². The number of rotatable bonds is 4. The third-order valence-electron chi connectivity index (χ3n) is 1.66. The van der Waals surface area contributed by atoms with E-state index in [1.54, 1.807) is 0 Å². The Morgan fingerprint density at radius 2 is 1.91 bits per heavy atom. The number of allylic oxidation sites excluding steroid dienone is 1. The summed E-state index contributed by atoms with van der Waals surface area (Å²) in [5, 5.41) is 8.75. The Hall–Kier alpha value is -0.300. The van der Waals surface area contributed by atoms with Crippen LogP contribution in [-0.4, -0.2) is 11.7 Å². The Kier molecular flexibility index (Phi) is 5.22. The first-order chi connectivity index (χ1) is 5.06. The van der Waals surface area contributed by atoms with Gasteiger partial charge in [-0.05, 0) is 25.2 Å². The molecule has 1 unspecified atom stereocenters. The van der Waals surface area contributed by atoms with Crippen LogP contribution >= 0.6 is 0 Å². The Morgan fingerprint density at radius 1 is 1.36 bits per heavy atom. The lowest BCUT2D eigenvalue weighted by atomic mass is 9.97. The standard InChI is InChI=1S/C10H20O/c1-8(2)5-9(3)6-10(4)7-11/h6,8-9,11H,5,7H2,1-4H3/b10-6-. The molecule has 0 aromatic heterocycles. The van der Waals surface area contributed by atoms with Crippen LogP contribution in [0.15, 0.2) is 11.6 Å². The van der Waals surface area contributed by atoms with E-state index in [9.17, 15) is 0 Å². The summed E-state index contributed by atoms with van der Waals surface area (Å²) in [5.41, 5.74) is 1.08. The van der Waals surface area contributed by atoms with Crippen molar-refractivity contribution in [2.45, 2.75) is 34.1 Å². The number of hydrogen-bond acceptors (Lipinski definition) is 1. The molecule has 0 aliphatic heterocycles. The Labute approximate surface area is 70.1 Å². The van der Waals surface area contributed by atoms with Gasteiger partial charge < -0.3 is 5.11 Å². The maximum atomic E-state index is 8.75. The van der Waals surface area contributed by atoms with E-state index in [4.69, 9.17) is 5.11 Å². The molecule has 0 aromatic carbocycles. The molecule has 0 fully saturated rings. The second-order valence-corrected chi connectivity index (χ2v) is 3.78. The fourth-order valence-electron chi connectivity index (χ4n) is 1.35. The zero-order valence-electron chi connectivity index (χ0n) is 8.09. The second-order valence-electron chi connectivity index (χ2n) is 3.78. The van der Waals surface area contributed by atoms with Crippen LogP contribution in [-0.2, 0) is 0 Å². The molecule has 1 atom stereocenters. The molecule has 0 bridgehead atoms. The Morgan fingerprint density at radius 3 is 2.27 bits per heavy atom. The van der Waals surface area contributed by atoms with Crippen molar-refractivity contribution in [2.24, 2.45) is 11.8 Å². The highest BCUT2D eigenvalue weighted by Gasteiger charge is 2.01. The van der Waals surface area contributed by atoms with Gasteiger partial charge in [-0.1, -0.05) is 32.4 Å². The van der Waals surface area contributed by atoms with E-state index in [0.29, 0.717) is 5.92 Å². The van der Waals surface area contributed by atoms with Crippen LogP contribution in [0.25, 0.3) is 0 Å². The fourth-order valence-corrected chi connectivity index (χ4v) is 1.35. The van der Waals surface area contributed by atoms with Gasteiger partial charge in [0.05, 0.1) is 6.61 Å². The molecule has 0 saturated carbocycles. The lowest BCUT2D eigenvalue weighted by Gasteiger charge is -2.09. The molecule has 66 valence electrons. The monoisotopic (exact) mass is 156 g/mol. The molecule has 0 aliphatic rings. The van der Waals surface area contributed by atoms with Crippen molar-refractivity contribution in [3.8, 4) is 0 Å². The van der Waals surface area contributed by atoms with Gasteiger partial charge in [0, 0.05) is 0 Å². The third kappa shape index (κ3) is 6.11. The number of aliphatic hydroxyl groups is 1. The van der Waals surface area contributed by atoms with Crippen LogP contribution in [0.5, 0.6) is 0 Å². The molecule has 0 heterocycles. The van der Waals surface area contributed by atoms with Crippen molar-refractivity contribution in [3.05, 3.63) is 11.6 Å². The van der Waals surface area contributed by atoms with Gasteiger partial charge in [0.2, 0.25) is 0 Å². The first kappa shape index (κ1) is 10.7. The van der Waals surface area contributed by atoms with Crippen molar-refractivity contribution in [3.63, 3.8) is 0 Å². The zero-order valence-corrected chi connectivity index (χ0v) is 8.09. The van der Waals surface area contributed by atoms with E-state index in [2.05, 4.69) is 26.8 Å². The quantitative estimate of drug-likeness (QED) is 0.620. The molecule has 1 N–H and O–H groups in total. The second kappa shape index (κ2) is 5.36. The third-order valence-corrected chi connectivity index (χ3v) is 1.66. The number of aliphatic hydroxyl groups excluding tert-OH is 1. The zero-order chi connectivity index (χ0) is 8.85. The summed E-state index contributed by atoms with van der Waals surface area (Å²) in [6.07, 6.45) is 3.36. The highest BCUT2D eigenvalue weighted by Crippen LogP contribution is 2.13. The van der Waals surface area contributed by atoms with Gasteiger partial charge in [-0.2, -0.15) is 0 Å². The van der Waals surface area contributed by atoms with Gasteiger partial charge in [0.1, 0.15) is 0 Å². The van der Waals surface area contributed by atoms with E-state index in [1.807, 2.05) is 6.92 Å². The van der Waals surface area contributed by atoms with Crippen molar-refractivity contribution in [2.75, 3.05) is 6.61 Å². The highest BCUT2D eigenvalue weighted by atomic mass is 16.3. The van der Waals surface area contributed by atoms with Gasteiger partial charge >= 0.3 is 0 Å². The summed E-state index contributed by atoms with van der Waals surface area (Å²) in [7, 11) is 0. The topological polar surface area (TPSA) is 20.2 Å². The van der Waals surface area contributed by atoms with Crippen molar-refractivity contribution < 1.29 is 5.11 Å². The lowest BCUT2D eigenvalue weighted by Crippen LogP contribution is -1.98. The van der Waals surface area contributed by atoms with E-state index in [0.717, 1.165) is 11.5 Å². The first-order valence-electron chi connectivity index (χ1n) is 4.34. The van der Waals surface area contributed by atoms with Gasteiger partial charge in [0.25, 0.3) is 0 Å². The molecule has 0 amide bonds. The molecule has 0 radical (unpaired) electrons. The summed E-state index contributed by atoms with van der Waals surface area (Å²) in [6.45, 7) is 8.80. The van der Waals surface area contributed by atoms with Crippen LogP contribution < -0.4 is 0 Å². The maximum absolute atomic E-state index is 8.75. The van der Waals surface area contributed by atoms with Crippen LogP contribution in [0.1, 0.15) is 34.1 Å². The van der Waals surface area contributed by atoms with Crippen molar-refractivity contribution in [1.29, 1.82) is 0 Å². The summed E-state index contributed by atoms with van der Waals surface area (Å²) < 4.78 is 0. The molecular formula is C10H20O. The van der Waals surface area contributed by atoms with Crippen LogP contribution in [0.3, 0.4) is 0 Å². The maximum Gasteiger partial charge on any atom is 0.0639 e. The van der Waals surface area contributed by atoms with E-state index in [1.165, 1.54) is 6.42 Å². The van der Waals surface area contributed by atoms with Crippen LogP contribution in [0.2, 0.25) is 0 Å². The predicted octanol–water partition coefficient (Wildman–Crippen LogP) is 2.61. The minimum Gasteiger partial charge on any atom is -0.392 e. The van der Waals surface area contributed by atoms with E-state index >= 15 is 0 Å². The average Bonchev–Trinajstić information content (AvgIpc) is 1.85. The Balaban J connectivity index is 3.75. The molecule has 0 saturated heterocycles. The number of hydrogen-bond donors (Lipinski definition) is 1. The van der Waals surface area contributed by atoms with Crippen LogP contribution in [0.4, 0.5) is 0 Å². The molecule has 0 aromatic rings. The average molecular weight is 156 g/mol. The normalized spacial score (nSPS) is 15.6. The van der Waals surface area contributed by atoms with Crippen molar-refractivity contribution in [1.82, 2.24) is 0 Å². The van der Waals surface area contributed by atoms with Gasteiger partial charge in [-0.3, -0.25) is 0 Å². The molecular weight excluding hydrogens is 136 g/mol. The molecule has 0 rings (SSSR count). The molecule has 1 heteroatoms. The largest absolute Gasteiger partial charge is 0.392 e. The summed E-state index contributed by atoms with van der Waals surface area (Å²) in [6, 6.07) is 0. The lowest BCUT2D eigenvalue weighted by molar-refractivity contribution is 0.329. The predicted molar refractivity (Wildman–Crippen MR) is 49.5 cm³/mol. The smallest absolute Gasteiger partial charge is 0.0639 e. The summed E-state index contributed by atoms with van der Waals surface area (Å²) >= 11 is 0. The SMILES string of the molecule is C/C(=C/C(C)CC(C)C)CO. The Bertz CT molecular complexity index is 125. The summed E-state index contributed by atoms with van der Waals surface area (Å²) in [4.78, 5) is 0. The molecule has 11 heavy (non-hydrogen) atoms. The van der Waals surface area contributed by atoms with Gasteiger partial charge in [-0.15, -0.1) is 0 Å². The van der Waals surface area contributed by atoms with Crippen LogP contribution in [0, 0.1) is 11.8 Å². The fraction of sp³-hybridized carbons (Fsp3) is 0.800.